The predicted molar refractivity (Wildman–Crippen MR) is 193 cm³/mol. The van der Waals surface area contributed by atoms with Crippen LogP contribution >= 0.6 is 0 Å². The second-order valence-electron chi connectivity index (χ2n) is 12.1. The van der Waals surface area contributed by atoms with E-state index in [2.05, 4.69) is 140 Å². The Hall–Kier alpha value is -3.33. The number of aromatic nitrogens is 1. The summed E-state index contributed by atoms with van der Waals surface area (Å²) in [6.45, 7) is 16.9. The zero-order chi connectivity index (χ0) is 31.4. The highest BCUT2D eigenvalue weighted by molar-refractivity contribution is 5.80. The molecule has 0 aliphatic carbocycles. The van der Waals surface area contributed by atoms with E-state index < -0.39 is 0 Å². The third-order valence-corrected chi connectivity index (χ3v) is 8.41. The fraction of sp³-hybridized carbons (Fsp3) is 0.488. The summed E-state index contributed by atoms with van der Waals surface area (Å²) in [4.78, 5) is 5.28. The number of benzene rings is 2. The van der Waals surface area contributed by atoms with Gasteiger partial charge in [-0.05, 0) is 42.9 Å². The van der Waals surface area contributed by atoms with E-state index in [-0.39, 0.29) is 0 Å². The van der Waals surface area contributed by atoms with Crippen LogP contribution in [0, 0.1) is 0 Å². The molecule has 0 atom stereocenters. The van der Waals surface area contributed by atoms with Crippen molar-refractivity contribution < 1.29 is 4.57 Å². The van der Waals surface area contributed by atoms with Gasteiger partial charge in [-0.25, -0.2) is 0 Å². The molecule has 1 aromatic heterocycles. The van der Waals surface area contributed by atoms with Crippen molar-refractivity contribution in [2.75, 3.05) is 26.2 Å². The van der Waals surface area contributed by atoms with E-state index in [1.165, 1.54) is 91.7 Å². The first kappa shape index (κ1) is 35.2. The van der Waals surface area contributed by atoms with Crippen molar-refractivity contribution in [3.8, 4) is 0 Å². The molecule has 0 saturated carbocycles. The normalized spacial score (nSPS) is 12.0. The zero-order valence-electron chi connectivity index (χ0n) is 28.6. The molecule has 0 unspecified atom stereocenters. The van der Waals surface area contributed by atoms with Crippen molar-refractivity contribution >= 4 is 23.5 Å². The molecular formula is C41H60N3+. The van der Waals surface area contributed by atoms with Crippen LogP contribution in [0.4, 0.5) is 0 Å². The van der Waals surface area contributed by atoms with Crippen molar-refractivity contribution in [1.29, 1.82) is 0 Å². The summed E-state index contributed by atoms with van der Waals surface area (Å²) in [7, 11) is 0. The second-order valence-corrected chi connectivity index (χ2v) is 12.1. The third-order valence-electron chi connectivity index (χ3n) is 8.41. The lowest BCUT2D eigenvalue weighted by Crippen LogP contribution is -2.41. The summed E-state index contributed by atoms with van der Waals surface area (Å²) >= 11 is 0. The van der Waals surface area contributed by atoms with Crippen LogP contribution in [0.1, 0.15) is 121 Å². The lowest BCUT2D eigenvalue weighted by molar-refractivity contribution is -0.700. The number of hydrogen-bond acceptors (Lipinski definition) is 2. The van der Waals surface area contributed by atoms with Gasteiger partial charge in [-0.15, -0.1) is 0 Å². The fourth-order valence-electron chi connectivity index (χ4n) is 5.71. The minimum absolute atomic E-state index is 1.01. The Balaban J connectivity index is 2.23. The summed E-state index contributed by atoms with van der Waals surface area (Å²) in [6, 6.07) is 29.0. The Bertz CT molecular complexity index is 1140. The van der Waals surface area contributed by atoms with Crippen LogP contribution in [-0.4, -0.2) is 36.0 Å². The van der Waals surface area contributed by atoms with Crippen molar-refractivity contribution in [3.63, 3.8) is 0 Å². The number of unbranched alkanes of at least 4 members (excludes halogenated alkanes) is 5. The Morgan fingerprint density at radius 2 is 0.841 bits per heavy atom. The van der Waals surface area contributed by atoms with Gasteiger partial charge < -0.3 is 9.80 Å². The van der Waals surface area contributed by atoms with Crippen molar-refractivity contribution in [3.05, 3.63) is 101 Å². The Morgan fingerprint density at radius 1 is 0.477 bits per heavy atom. The van der Waals surface area contributed by atoms with Gasteiger partial charge in [-0.2, -0.15) is 4.57 Å². The van der Waals surface area contributed by atoms with E-state index in [1.807, 2.05) is 0 Å². The molecule has 0 amide bonds. The van der Waals surface area contributed by atoms with Crippen LogP contribution in [0.2, 0.25) is 0 Å². The Labute approximate surface area is 270 Å². The first-order chi connectivity index (χ1) is 21.7. The quantitative estimate of drug-likeness (QED) is 0.114. The molecule has 0 saturated heterocycles. The van der Waals surface area contributed by atoms with Gasteiger partial charge in [0.05, 0.1) is 11.4 Å². The molecule has 0 aliphatic rings. The van der Waals surface area contributed by atoms with Gasteiger partial charge in [0.25, 0.3) is 0 Å². The van der Waals surface area contributed by atoms with Crippen LogP contribution in [-0.2, 0) is 6.54 Å². The zero-order valence-corrected chi connectivity index (χ0v) is 28.6. The molecule has 3 aromatic rings. The van der Waals surface area contributed by atoms with Crippen molar-refractivity contribution in [1.82, 2.24) is 9.80 Å². The standard InChI is InChI=1S/C41H60N3/c1-6-11-29-42(30-12-7-2)40(36-23-18-16-19-24-36)34-38-27-22-28-39(44(38)33-15-10-5)35-41(37-25-20-17-21-26-37)43(31-13-8-3)32-14-9-4/h16-28,34-35H,6-15,29-33H2,1-5H3/q+1. The number of rotatable bonds is 21. The molecule has 2 aromatic carbocycles. The highest BCUT2D eigenvalue weighted by Gasteiger charge is 2.20. The minimum atomic E-state index is 1.01. The highest BCUT2D eigenvalue weighted by Crippen LogP contribution is 2.26. The lowest BCUT2D eigenvalue weighted by atomic mass is 10.1. The van der Waals surface area contributed by atoms with Crippen LogP contribution in [0.15, 0.2) is 78.9 Å². The Kier molecular flexibility index (Phi) is 16.5. The third kappa shape index (κ3) is 11.0. The minimum Gasteiger partial charge on any atom is -0.371 e. The van der Waals surface area contributed by atoms with E-state index in [1.54, 1.807) is 0 Å². The summed E-state index contributed by atoms with van der Waals surface area (Å²) in [5, 5.41) is 0. The van der Waals surface area contributed by atoms with E-state index >= 15 is 0 Å². The van der Waals surface area contributed by atoms with E-state index in [0.29, 0.717) is 0 Å². The summed E-state index contributed by atoms with van der Waals surface area (Å²) in [6.07, 6.45) is 16.9. The average Bonchev–Trinajstić information content (AvgIpc) is 3.07. The summed E-state index contributed by atoms with van der Waals surface area (Å²) in [5.41, 5.74) is 7.86. The fourth-order valence-corrected chi connectivity index (χ4v) is 5.71. The molecular weight excluding hydrogens is 534 g/mol. The second kappa shape index (κ2) is 20.6. The highest BCUT2D eigenvalue weighted by atomic mass is 15.1. The molecule has 1 heterocycles. The van der Waals surface area contributed by atoms with Crippen LogP contribution < -0.4 is 4.57 Å². The molecule has 0 bridgehead atoms. The van der Waals surface area contributed by atoms with Gasteiger partial charge in [-0.1, -0.05) is 127 Å². The van der Waals surface area contributed by atoms with Crippen LogP contribution in [0.3, 0.4) is 0 Å². The van der Waals surface area contributed by atoms with Gasteiger partial charge in [0, 0.05) is 56.9 Å². The Morgan fingerprint density at radius 3 is 1.18 bits per heavy atom. The van der Waals surface area contributed by atoms with Gasteiger partial charge >= 0.3 is 0 Å². The van der Waals surface area contributed by atoms with Crippen LogP contribution in [0.25, 0.3) is 23.5 Å². The van der Waals surface area contributed by atoms with E-state index in [9.17, 15) is 0 Å². The molecule has 0 spiro atoms. The molecule has 3 heteroatoms. The van der Waals surface area contributed by atoms with Gasteiger partial charge in [0.1, 0.15) is 6.54 Å². The maximum Gasteiger partial charge on any atom is 0.207 e. The molecule has 3 rings (SSSR count). The molecule has 0 N–H and O–H groups in total. The first-order valence-corrected chi connectivity index (χ1v) is 17.7. The first-order valence-electron chi connectivity index (χ1n) is 17.7. The molecule has 0 fully saturated rings. The smallest absolute Gasteiger partial charge is 0.207 e. The number of pyridine rings is 1. The monoisotopic (exact) mass is 594 g/mol. The predicted octanol–water partition coefficient (Wildman–Crippen LogP) is 10.6. The van der Waals surface area contributed by atoms with Gasteiger partial charge in [0.2, 0.25) is 11.4 Å². The molecule has 0 radical (unpaired) electrons. The van der Waals surface area contributed by atoms with Crippen molar-refractivity contribution in [2.24, 2.45) is 0 Å². The molecule has 238 valence electrons. The van der Waals surface area contributed by atoms with E-state index in [0.717, 1.165) is 39.1 Å². The van der Waals surface area contributed by atoms with Gasteiger partial charge in [-0.3, -0.25) is 0 Å². The number of hydrogen-bond donors (Lipinski definition) is 0. The molecule has 3 nitrogen and oxygen atoms in total. The van der Waals surface area contributed by atoms with Crippen molar-refractivity contribution in [2.45, 2.75) is 105 Å². The molecule has 44 heavy (non-hydrogen) atoms. The number of nitrogens with zero attached hydrogens (tertiary/aromatic N) is 3. The topological polar surface area (TPSA) is 10.4 Å². The van der Waals surface area contributed by atoms with Crippen LogP contribution in [0.5, 0.6) is 0 Å². The maximum absolute atomic E-state index is 2.64. The van der Waals surface area contributed by atoms with E-state index in [4.69, 9.17) is 0 Å². The molecule has 0 aliphatic heterocycles. The largest absolute Gasteiger partial charge is 0.371 e. The SMILES string of the molecule is CCCCN(CCCC)C(=Cc1cccc(C=C(c2ccccc2)N(CCCC)CCCC)[n+]1CCCC)c1ccccc1. The lowest BCUT2D eigenvalue weighted by Gasteiger charge is -2.28. The summed E-state index contributed by atoms with van der Waals surface area (Å²) < 4.78 is 2.57. The summed E-state index contributed by atoms with van der Waals surface area (Å²) in [5.74, 6) is 0. The van der Waals surface area contributed by atoms with Gasteiger partial charge in [0.15, 0.2) is 0 Å². The average molecular weight is 595 g/mol. The maximum atomic E-state index is 2.64.